The number of hydrogen-bond donors (Lipinski definition) is 1. The predicted octanol–water partition coefficient (Wildman–Crippen LogP) is 4.11. The first kappa shape index (κ1) is 12.6. The van der Waals surface area contributed by atoms with Gasteiger partial charge in [0.05, 0.1) is 5.60 Å². The summed E-state index contributed by atoms with van der Waals surface area (Å²) in [7, 11) is 0. The van der Waals surface area contributed by atoms with Crippen LogP contribution in [0.4, 0.5) is 0 Å². The summed E-state index contributed by atoms with van der Waals surface area (Å²) in [6.07, 6.45) is 2.88. The molecule has 0 aliphatic heterocycles. The van der Waals surface area contributed by atoms with Crippen LogP contribution in [0.25, 0.3) is 0 Å². The molecule has 0 bridgehead atoms. The van der Waals surface area contributed by atoms with E-state index >= 15 is 0 Å². The summed E-state index contributed by atoms with van der Waals surface area (Å²) in [5.74, 6) is 0. The second-order valence-electron chi connectivity index (χ2n) is 7.26. The van der Waals surface area contributed by atoms with Gasteiger partial charge in [-0.2, -0.15) is 0 Å². The van der Waals surface area contributed by atoms with Crippen LogP contribution >= 0.6 is 0 Å². The fraction of sp³-hybridized carbons (Fsp3) is 0.625. The molecule has 0 unspecified atom stereocenters. The second kappa shape index (κ2) is 3.84. The lowest BCUT2D eigenvalue weighted by Crippen LogP contribution is -2.44. The van der Waals surface area contributed by atoms with Crippen LogP contribution in [0.5, 0.6) is 0 Å². The van der Waals surface area contributed by atoms with Crippen molar-refractivity contribution >= 4 is 0 Å². The van der Waals surface area contributed by atoms with Gasteiger partial charge in [-0.1, -0.05) is 58.0 Å². The summed E-state index contributed by atoms with van der Waals surface area (Å²) in [6.45, 7) is 9.06. The van der Waals surface area contributed by atoms with Crippen molar-refractivity contribution in [3.63, 3.8) is 0 Å². The van der Waals surface area contributed by atoms with Crippen LogP contribution in [-0.2, 0) is 5.60 Å². The zero-order chi connectivity index (χ0) is 12.7. The molecular weight excluding hydrogens is 208 g/mol. The van der Waals surface area contributed by atoms with Crippen molar-refractivity contribution in [3.05, 3.63) is 35.9 Å². The molecule has 1 aromatic carbocycles. The Hall–Kier alpha value is -0.820. The molecule has 1 N–H and O–H groups in total. The van der Waals surface area contributed by atoms with Crippen molar-refractivity contribution in [3.8, 4) is 0 Å². The Balaban J connectivity index is 2.37. The first-order valence-electron chi connectivity index (χ1n) is 6.51. The fourth-order valence-electron chi connectivity index (χ4n) is 4.02. The predicted molar refractivity (Wildman–Crippen MR) is 71.8 cm³/mol. The number of aliphatic hydroxyl groups is 1. The molecule has 0 spiro atoms. The Morgan fingerprint density at radius 1 is 0.824 bits per heavy atom. The smallest absolute Gasteiger partial charge is 0.0906 e. The van der Waals surface area contributed by atoms with E-state index in [-0.39, 0.29) is 10.8 Å². The van der Waals surface area contributed by atoms with E-state index in [0.29, 0.717) is 0 Å². The molecule has 94 valence electrons. The summed E-state index contributed by atoms with van der Waals surface area (Å²) in [5.41, 5.74) is 0.811. The maximum atomic E-state index is 11.0. The fourth-order valence-corrected chi connectivity index (χ4v) is 4.02. The van der Waals surface area contributed by atoms with Gasteiger partial charge < -0.3 is 5.11 Å². The molecule has 0 aromatic heterocycles. The van der Waals surface area contributed by atoms with Gasteiger partial charge in [0.2, 0.25) is 0 Å². The summed E-state index contributed by atoms with van der Waals surface area (Å²) >= 11 is 0. The normalized spacial score (nSPS) is 25.5. The molecule has 1 saturated carbocycles. The molecule has 1 heteroatoms. The van der Waals surface area contributed by atoms with Gasteiger partial charge in [0.25, 0.3) is 0 Å². The third-order valence-corrected chi connectivity index (χ3v) is 3.81. The van der Waals surface area contributed by atoms with Crippen molar-refractivity contribution in [2.24, 2.45) is 10.8 Å². The van der Waals surface area contributed by atoms with Crippen molar-refractivity contribution in [2.75, 3.05) is 0 Å². The van der Waals surface area contributed by atoms with Gasteiger partial charge in [-0.3, -0.25) is 0 Å². The Bertz CT molecular complexity index is 373. The monoisotopic (exact) mass is 232 g/mol. The van der Waals surface area contributed by atoms with Gasteiger partial charge in [0.1, 0.15) is 0 Å². The zero-order valence-electron chi connectivity index (χ0n) is 11.5. The lowest BCUT2D eigenvalue weighted by Gasteiger charge is -2.49. The van der Waals surface area contributed by atoms with E-state index in [2.05, 4.69) is 39.8 Å². The average Bonchev–Trinajstić information content (AvgIpc) is 2.13. The highest BCUT2D eigenvalue weighted by atomic mass is 16.3. The van der Waals surface area contributed by atoms with Gasteiger partial charge >= 0.3 is 0 Å². The van der Waals surface area contributed by atoms with E-state index < -0.39 is 5.60 Å². The molecule has 17 heavy (non-hydrogen) atoms. The molecule has 0 saturated heterocycles. The SMILES string of the molecule is CC1(C)CC(C)(C)CC(O)(c2ccccc2)C1. The van der Waals surface area contributed by atoms with Gasteiger partial charge in [-0.25, -0.2) is 0 Å². The lowest BCUT2D eigenvalue weighted by atomic mass is 9.58. The second-order valence-corrected chi connectivity index (χ2v) is 7.26. The standard InChI is InChI=1S/C16H24O/c1-14(2)10-15(3,4)12-16(17,11-14)13-8-6-5-7-9-13/h5-9,17H,10-12H2,1-4H3. The first-order valence-corrected chi connectivity index (χ1v) is 6.51. The molecule has 0 radical (unpaired) electrons. The minimum absolute atomic E-state index is 0.201. The summed E-state index contributed by atoms with van der Waals surface area (Å²) < 4.78 is 0. The Morgan fingerprint density at radius 2 is 1.29 bits per heavy atom. The van der Waals surface area contributed by atoms with E-state index in [4.69, 9.17) is 0 Å². The highest BCUT2D eigenvalue weighted by Crippen LogP contribution is 2.53. The van der Waals surface area contributed by atoms with Crippen LogP contribution in [0, 0.1) is 10.8 Å². The third kappa shape index (κ3) is 2.71. The maximum absolute atomic E-state index is 11.0. The average molecular weight is 232 g/mol. The summed E-state index contributed by atoms with van der Waals surface area (Å²) in [4.78, 5) is 0. The topological polar surface area (TPSA) is 20.2 Å². The van der Waals surface area contributed by atoms with E-state index in [0.717, 1.165) is 18.4 Å². The van der Waals surface area contributed by atoms with Crippen LogP contribution in [-0.4, -0.2) is 5.11 Å². The largest absolute Gasteiger partial charge is 0.385 e. The molecule has 0 heterocycles. The van der Waals surface area contributed by atoms with Crippen molar-refractivity contribution in [1.82, 2.24) is 0 Å². The zero-order valence-corrected chi connectivity index (χ0v) is 11.5. The van der Waals surface area contributed by atoms with Gasteiger partial charge in [0.15, 0.2) is 0 Å². The third-order valence-electron chi connectivity index (χ3n) is 3.81. The van der Waals surface area contributed by atoms with Gasteiger partial charge in [0, 0.05) is 0 Å². The highest BCUT2D eigenvalue weighted by molar-refractivity contribution is 5.24. The van der Waals surface area contributed by atoms with Crippen LogP contribution in [0.3, 0.4) is 0 Å². The first-order chi connectivity index (χ1) is 7.73. The van der Waals surface area contributed by atoms with Crippen LogP contribution in [0.2, 0.25) is 0 Å². The lowest BCUT2D eigenvalue weighted by molar-refractivity contribution is -0.0912. The van der Waals surface area contributed by atoms with E-state index in [1.165, 1.54) is 6.42 Å². The van der Waals surface area contributed by atoms with E-state index in [1.807, 2.05) is 18.2 Å². The molecule has 1 nitrogen and oxygen atoms in total. The minimum atomic E-state index is -0.660. The quantitative estimate of drug-likeness (QED) is 0.772. The number of hydrogen-bond acceptors (Lipinski definition) is 1. The van der Waals surface area contributed by atoms with Crippen molar-refractivity contribution in [2.45, 2.75) is 52.6 Å². The minimum Gasteiger partial charge on any atom is -0.385 e. The summed E-state index contributed by atoms with van der Waals surface area (Å²) in [6, 6.07) is 10.1. The molecule has 0 amide bonds. The number of benzene rings is 1. The van der Waals surface area contributed by atoms with E-state index in [9.17, 15) is 5.11 Å². The molecule has 1 aliphatic rings. The van der Waals surface area contributed by atoms with Crippen molar-refractivity contribution < 1.29 is 5.11 Å². The Labute approximate surface area is 105 Å². The Morgan fingerprint density at radius 3 is 1.76 bits per heavy atom. The molecule has 0 atom stereocenters. The van der Waals surface area contributed by atoms with Gasteiger partial charge in [-0.15, -0.1) is 0 Å². The maximum Gasteiger partial charge on any atom is 0.0906 e. The molecule has 2 rings (SSSR count). The highest BCUT2D eigenvalue weighted by Gasteiger charge is 2.47. The van der Waals surface area contributed by atoms with Gasteiger partial charge in [-0.05, 0) is 35.7 Å². The summed E-state index contributed by atoms with van der Waals surface area (Å²) in [5, 5.41) is 11.0. The molecule has 1 aromatic rings. The molecular formula is C16H24O. The van der Waals surface area contributed by atoms with Crippen LogP contribution < -0.4 is 0 Å². The molecule has 1 fully saturated rings. The van der Waals surface area contributed by atoms with Crippen molar-refractivity contribution in [1.29, 1.82) is 0 Å². The van der Waals surface area contributed by atoms with E-state index in [1.54, 1.807) is 0 Å². The van der Waals surface area contributed by atoms with Crippen LogP contribution in [0.15, 0.2) is 30.3 Å². The van der Waals surface area contributed by atoms with Crippen LogP contribution in [0.1, 0.15) is 52.5 Å². The Kier molecular flexibility index (Phi) is 2.86. The molecule has 1 aliphatic carbocycles. The number of rotatable bonds is 1.